The predicted molar refractivity (Wildman–Crippen MR) is 110 cm³/mol. The minimum absolute atomic E-state index is 0.0617. The SMILES string of the molecule is C=C(CCNC(=O)c1ccc(Cl)c(F)c1)NC(=O)CO/C=C/C=C(/Cl)C(=C)Cl. The minimum atomic E-state index is -0.676. The van der Waals surface area contributed by atoms with Gasteiger partial charge in [-0.15, -0.1) is 0 Å². The van der Waals surface area contributed by atoms with Crippen LogP contribution in [0.15, 0.2) is 65.5 Å². The third kappa shape index (κ3) is 9.08. The summed E-state index contributed by atoms with van der Waals surface area (Å²) in [6.07, 6.45) is 4.49. The zero-order chi connectivity index (χ0) is 21.1. The molecule has 5 nitrogen and oxygen atoms in total. The summed E-state index contributed by atoms with van der Waals surface area (Å²) in [5.74, 6) is -1.56. The maximum absolute atomic E-state index is 13.3. The Bertz CT molecular complexity index is 823. The van der Waals surface area contributed by atoms with Crippen molar-refractivity contribution in [2.24, 2.45) is 0 Å². The second-order valence-electron chi connectivity index (χ2n) is 5.35. The van der Waals surface area contributed by atoms with Crippen LogP contribution in [-0.2, 0) is 9.53 Å². The third-order valence-electron chi connectivity index (χ3n) is 3.10. The van der Waals surface area contributed by atoms with Gasteiger partial charge in [-0.3, -0.25) is 9.59 Å². The monoisotopic (exact) mass is 446 g/mol. The molecular weight excluding hydrogens is 430 g/mol. The smallest absolute Gasteiger partial charge is 0.261 e. The first-order valence-electron chi connectivity index (χ1n) is 7.90. The van der Waals surface area contributed by atoms with E-state index in [0.717, 1.165) is 6.07 Å². The number of ether oxygens (including phenoxy) is 1. The lowest BCUT2D eigenvalue weighted by atomic mass is 10.2. The number of halogens is 4. The third-order valence-corrected chi connectivity index (χ3v) is 4.06. The van der Waals surface area contributed by atoms with Gasteiger partial charge in [0.25, 0.3) is 11.8 Å². The molecule has 1 aromatic carbocycles. The van der Waals surface area contributed by atoms with Crippen molar-refractivity contribution in [1.82, 2.24) is 10.6 Å². The van der Waals surface area contributed by atoms with Crippen LogP contribution in [-0.4, -0.2) is 25.0 Å². The van der Waals surface area contributed by atoms with Crippen LogP contribution in [0, 0.1) is 5.82 Å². The van der Waals surface area contributed by atoms with Crippen molar-refractivity contribution in [3.63, 3.8) is 0 Å². The average Bonchev–Trinajstić information content (AvgIpc) is 2.63. The Morgan fingerprint density at radius 3 is 2.61 bits per heavy atom. The van der Waals surface area contributed by atoms with Crippen LogP contribution in [0.1, 0.15) is 16.8 Å². The first-order valence-corrected chi connectivity index (χ1v) is 9.03. The van der Waals surface area contributed by atoms with Gasteiger partial charge < -0.3 is 15.4 Å². The highest BCUT2D eigenvalue weighted by Crippen LogP contribution is 2.16. The first kappa shape index (κ1) is 23.8. The number of rotatable bonds is 10. The molecule has 2 amide bonds. The van der Waals surface area contributed by atoms with Gasteiger partial charge in [0.15, 0.2) is 6.61 Å². The number of carbonyl (C=O) groups excluding carboxylic acids is 2. The summed E-state index contributed by atoms with van der Waals surface area (Å²) in [5.41, 5.74) is 0.533. The van der Waals surface area contributed by atoms with Gasteiger partial charge in [-0.05, 0) is 30.4 Å². The number of amides is 2. The number of allylic oxidation sites excluding steroid dienone is 4. The van der Waals surface area contributed by atoms with Gasteiger partial charge in [0, 0.05) is 24.2 Å². The highest BCUT2D eigenvalue weighted by molar-refractivity contribution is 6.43. The highest BCUT2D eigenvalue weighted by atomic mass is 35.5. The fourth-order valence-electron chi connectivity index (χ4n) is 1.76. The summed E-state index contributed by atoms with van der Waals surface area (Å²) in [6.45, 7) is 7.10. The maximum Gasteiger partial charge on any atom is 0.261 e. The van der Waals surface area contributed by atoms with Crippen LogP contribution in [0.2, 0.25) is 5.02 Å². The molecule has 0 bridgehead atoms. The Hall–Kier alpha value is -2.28. The van der Waals surface area contributed by atoms with E-state index in [9.17, 15) is 14.0 Å². The van der Waals surface area contributed by atoms with E-state index in [1.54, 1.807) is 0 Å². The Kier molecular flexibility index (Phi) is 10.4. The van der Waals surface area contributed by atoms with Gasteiger partial charge in [0.05, 0.1) is 21.3 Å². The van der Waals surface area contributed by atoms with E-state index >= 15 is 0 Å². The normalized spacial score (nSPS) is 11.2. The van der Waals surface area contributed by atoms with Gasteiger partial charge in [0.2, 0.25) is 0 Å². The molecule has 0 fully saturated rings. The number of hydrogen-bond acceptors (Lipinski definition) is 3. The predicted octanol–water partition coefficient (Wildman–Crippen LogP) is 4.63. The standard InChI is InChI=1S/C19H18Cl3FN2O3/c1-12(25-18(26)11-28-9-3-4-15(21)13(2)20)7-8-24-19(27)14-5-6-16(22)17(23)10-14/h3-6,9-10H,1-2,7-8,11H2,(H,24,27)(H,25,26)/b9-3+,15-4+. The lowest BCUT2D eigenvalue weighted by Gasteiger charge is -2.09. The Labute approximate surface area is 177 Å². The molecule has 0 aliphatic carbocycles. The lowest BCUT2D eigenvalue weighted by Crippen LogP contribution is -2.29. The van der Waals surface area contributed by atoms with E-state index in [-0.39, 0.29) is 33.8 Å². The molecule has 150 valence electrons. The number of hydrogen-bond donors (Lipinski definition) is 2. The maximum atomic E-state index is 13.3. The van der Waals surface area contributed by atoms with Gasteiger partial charge in [-0.25, -0.2) is 4.39 Å². The first-order chi connectivity index (χ1) is 13.2. The Balaban J connectivity index is 2.28. The van der Waals surface area contributed by atoms with Crippen molar-refractivity contribution in [2.45, 2.75) is 6.42 Å². The molecule has 0 radical (unpaired) electrons. The van der Waals surface area contributed by atoms with Crippen LogP contribution in [0.4, 0.5) is 4.39 Å². The zero-order valence-corrected chi connectivity index (χ0v) is 17.0. The van der Waals surface area contributed by atoms with Crippen LogP contribution in [0.5, 0.6) is 0 Å². The van der Waals surface area contributed by atoms with Gasteiger partial charge in [-0.1, -0.05) is 48.0 Å². The molecule has 28 heavy (non-hydrogen) atoms. The van der Waals surface area contributed by atoms with Crippen molar-refractivity contribution in [3.8, 4) is 0 Å². The summed E-state index contributed by atoms with van der Waals surface area (Å²) in [6, 6.07) is 3.76. The summed E-state index contributed by atoms with van der Waals surface area (Å²) in [7, 11) is 0. The molecule has 0 aromatic heterocycles. The molecule has 1 aromatic rings. The summed E-state index contributed by atoms with van der Waals surface area (Å²) < 4.78 is 18.4. The van der Waals surface area contributed by atoms with Gasteiger partial charge >= 0.3 is 0 Å². The number of carbonyl (C=O) groups is 2. The van der Waals surface area contributed by atoms with Gasteiger partial charge in [-0.2, -0.15) is 0 Å². The molecule has 0 saturated heterocycles. The summed E-state index contributed by atoms with van der Waals surface area (Å²) >= 11 is 16.9. The van der Waals surface area contributed by atoms with E-state index in [2.05, 4.69) is 23.8 Å². The molecule has 0 spiro atoms. The molecule has 2 N–H and O–H groups in total. The summed E-state index contributed by atoms with van der Waals surface area (Å²) in [5, 5.41) is 5.50. The lowest BCUT2D eigenvalue weighted by molar-refractivity contribution is -0.123. The second kappa shape index (κ2) is 12.2. The van der Waals surface area contributed by atoms with Crippen molar-refractivity contribution in [3.05, 3.63) is 81.9 Å². The molecule has 0 atom stereocenters. The summed E-state index contributed by atoms with van der Waals surface area (Å²) in [4.78, 5) is 23.6. The van der Waals surface area contributed by atoms with E-state index in [1.165, 1.54) is 30.5 Å². The molecule has 0 unspecified atom stereocenters. The Morgan fingerprint density at radius 2 is 1.96 bits per heavy atom. The van der Waals surface area contributed by atoms with Crippen LogP contribution >= 0.6 is 34.8 Å². The van der Waals surface area contributed by atoms with E-state index in [4.69, 9.17) is 39.5 Å². The van der Waals surface area contributed by atoms with Crippen molar-refractivity contribution >= 4 is 46.6 Å². The number of nitrogens with one attached hydrogen (secondary N) is 2. The molecule has 0 aliphatic heterocycles. The van der Waals surface area contributed by atoms with Crippen LogP contribution < -0.4 is 10.6 Å². The fraction of sp³-hybridized carbons (Fsp3) is 0.158. The van der Waals surface area contributed by atoms with Crippen molar-refractivity contribution in [2.75, 3.05) is 13.2 Å². The topological polar surface area (TPSA) is 67.4 Å². The second-order valence-corrected chi connectivity index (χ2v) is 6.62. The van der Waals surface area contributed by atoms with E-state index in [1.807, 2.05) is 0 Å². The number of benzene rings is 1. The molecule has 0 aliphatic rings. The quantitative estimate of drug-likeness (QED) is 0.406. The van der Waals surface area contributed by atoms with E-state index < -0.39 is 17.6 Å². The zero-order valence-electron chi connectivity index (χ0n) is 14.7. The molecule has 0 saturated carbocycles. The minimum Gasteiger partial charge on any atom is -0.491 e. The largest absolute Gasteiger partial charge is 0.491 e. The van der Waals surface area contributed by atoms with Crippen LogP contribution in [0.25, 0.3) is 0 Å². The van der Waals surface area contributed by atoms with Crippen molar-refractivity contribution < 1.29 is 18.7 Å². The molecule has 1 rings (SSSR count). The van der Waals surface area contributed by atoms with Gasteiger partial charge in [0.1, 0.15) is 5.82 Å². The molecule has 0 heterocycles. The Morgan fingerprint density at radius 1 is 1.25 bits per heavy atom. The van der Waals surface area contributed by atoms with E-state index in [0.29, 0.717) is 12.1 Å². The highest BCUT2D eigenvalue weighted by Gasteiger charge is 2.09. The fourth-order valence-corrected chi connectivity index (χ4v) is 2.01. The molecule has 9 heteroatoms. The van der Waals surface area contributed by atoms with Crippen LogP contribution in [0.3, 0.4) is 0 Å². The van der Waals surface area contributed by atoms with Crippen molar-refractivity contribution in [1.29, 1.82) is 0 Å². The molecular formula is C19H18Cl3FN2O3. The average molecular weight is 448 g/mol.